The van der Waals surface area contributed by atoms with Crippen LogP contribution in [0.15, 0.2) is 0 Å². The average molecular weight is 266 g/mol. The molecule has 0 spiro atoms. The van der Waals surface area contributed by atoms with Crippen molar-refractivity contribution >= 4 is 0 Å². The number of aliphatic hydroxyl groups excluding tert-OH is 1. The van der Waals surface area contributed by atoms with Crippen molar-refractivity contribution in [3.63, 3.8) is 0 Å². The standard InChI is InChI=1S/C16H30N2O/c1-15(2)7-3-9-18(11-15)14-6-8-16(10-14,12-19)17-13-4-5-13/h13-14,17,19H,3-12H2,1-2H3. The number of piperidine rings is 1. The maximum atomic E-state index is 9.83. The zero-order chi connectivity index (χ0) is 13.5. The maximum absolute atomic E-state index is 9.83. The molecule has 2 aliphatic carbocycles. The largest absolute Gasteiger partial charge is 0.394 e. The van der Waals surface area contributed by atoms with Crippen LogP contribution in [0, 0.1) is 5.41 Å². The van der Waals surface area contributed by atoms with Crippen LogP contribution in [0.5, 0.6) is 0 Å². The Morgan fingerprint density at radius 1 is 1.21 bits per heavy atom. The first-order valence-corrected chi connectivity index (χ1v) is 8.15. The van der Waals surface area contributed by atoms with Gasteiger partial charge in [-0.1, -0.05) is 13.8 Å². The Labute approximate surface area is 117 Å². The van der Waals surface area contributed by atoms with Crippen LogP contribution in [0.25, 0.3) is 0 Å². The van der Waals surface area contributed by atoms with Crippen molar-refractivity contribution in [1.82, 2.24) is 10.2 Å². The molecular formula is C16H30N2O. The Hall–Kier alpha value is -0.120. The molecule has 0 aromatic rings. The number of hydrogen-bond donors (Lipinski definition) is 2. The summed E-state index contributed by atoms with van der Waals surface area (Å²) in [6.07, 6.45) is 8.88. The molecular weight excluding hydrogens is 236 g/mol. The van der Waals surface area contributed by atoms with Gasteiger partial charge in [0.15, 0.2) is 0 Å². The summed E-state index contributed by atoms with van der Waals surface area (Å²) in [6.45, 7) is 7.62. The molecule has 0 bridgehead atoms. The number of nitrogens with one attached hydrogen (secondary N) is 1. The second-order valence-electron chi connectivity index (χ2n) is 7.99. The summed E-state index contributed by atoms with van der Waals surface area (Å²) in [5.41, 5.74) is 0.514. The lowest BCUT2D eigenvalue weighted by Gasteiger charge is -2.42. The SMILES string of the molecule is CC1(C)CCCN(C2CCC(CO)(NC3CC3)C2)C1. The van der Waals surface area contributed by atoms with Crippen molar-refractivity contribution in [3.8, 4) is 0 Å². The van der Waals surface area contributed by atoms with Crippen molar-refractivity contribution < 1.29 is 5.11 Å². The van der Waals surface area contributed by atoms with Crippen LogP contribution < -0.4 is 5.32 Å². The predicted octanol–water partition coefficient (Wildman–Crippen LogP) is 2.14. The van der Waals surface area contributed by atoms with Gasteiger partial charge in [0.05, 0.1) is 6.61 Å². The average Bonchev–Trinajstić information content (AvgIpc) is 3.05. The molecule has 0 radical (unpaired) electrons. The zero-order valence-electron chi connectivity index (χ0n) is 12.6. The van der Waals surface area contributed by atoms with Gasteiger partial charge >= 0.3 is 0 Å². The third kappa shape index (κ3) is 3.14. The lowest BCUT2D eigenvalue weighted by atomic mass is 9.83. The maximum Gasteiger partial charge on any atom is 0.0614 e. The quantitative estimate of drug-likeness (QED) is 0.818. The Morgan fingerprint density at radius 3 is 2.63 bits per heavy atom. The molecule has 1 saturated heterocycles. The lowest BCUT2D eigenvalue weighted by Crippen LogP contribution is -2.50. The second-order valence-corrected chi connectivity index (χ2v) is 7.99. The summed E-state index contributed by atoms with van der Waals surface area (Å²) in [6, 6.07) is 1.39. The summed E-state index contributed by atoms with van der Waals surface area (Å²) < 4.78 is 0. The molecule has 3 fully saturated rings. The van der Waals surface area contributed by atoms with E-state index in [0.717, 1.165) is 12.8 Å². The molecule has 1 heterocycles. The first-order valence-electron chi connectivity index (χ1n) is 8.15. The van der Waals surface area contributed by atoms with Crippen LogP contribution >= 0.6 is 0 Å². The molecule has 0 aromatic heterocycles. The van der Waals surface area contributed by atoms with Gasteiger partial charge in [-0.05, 0) is 56.9 Å². The van der Waals surface area contributed by atoms with E-state index in [-0.39, 0.29) is 5.54 Å². The highest BCUT2D eigenvalue weighted by molar-refractivity contribution is 5.03. The molecule has 2 unspecified atom stereocenters. The van der Waals surface area contributed by atoms with Crippen LogP contribution in [0.4, 0.5) is 0 Å². The van der Waals surface area contributed by atoms with Gasteiger partial charge in [-0.2, -0.15) is 0 Å². The fourth-order valence-corrected chi connectivity index (χ4v) is 4.17. The summed E-state index contributed by atoms with van der Waals surface area (Å²) >= 11 is 0. The van der Waals surface area contributed by atoms with Crippen molar-refractivity contribution in [1.29, 1.82) is 0 Å². The van der Waals surface area contributed by atoms with Gasteiger partial charge in [-0.15, -0.1) is 0 Å². The van der Waals surface area contributed by atoms with E-state index >= 15 is 0 Å². The highest BCUT2D eigenvalue weighted by Crippen LogP contribution is 2.39. The van der Waals surface area contributed by atoms with E-state index in [0.29, 0.717) is 24.1 Å². The fraction of sp³-hybridized carbons (Fsp3) is 1.00. The van der Waals surface area contributed by atoms with E-state index in [1.54, 1.807) is 0 Å². The molecule has 0 amide bonds. The van der Waals surface area contributed by atoms with Gasteiger partial charge in [-0.25, -0.2) is 0 Å². The van der Waals surface area contributed by atoms with Gasteiger partial charge in [0.25, 0.3) is 0 Å². The van der Waals surface area contributed by atoms with E-state index in [1.165, 1.54) is 45.2 Å². The van der Waals surface area contributed by atoms with E-state index < -0.39 is 0 Å². The molecule has 3 heteroatoms. The third-order valence-electron chi connectivity index (χ3n) is 5.42. The van der Waals surface area contributed by atoms with Crippen LogP contribution in [-0.2, 0) is 0 Å². The van der Waals surface area contributed by atoms with Crippen LogP contribution in [0.3, 0.4) is 0 Å². The van der Waals surface area contributed by atoms with Gasteiger partial charge < -0.3 is 10.4 Å². The molecule has 2 saturated carbocycles. The van der Waals surface area contributed by atoms with Gasteiger partial charge in [0, 0.05) is 24.2 Å². The minimum atomic E-state index is 0.0351. The number of hydrogen-bond acceptors (Lipinski definition) is 3. The van der Waals surface area contributed by atoms with Crippen molar-refractivity contribution in [2.45, 2.75) is 76.4 Å². The van der Waals surface area contributed by atoms with E-state index in [4.69, 9.17) is 0 Å². The minimum Gasteiger partial charge on any atom is -0.394 e. The highest BCUT2D eigenvalue weighted by Gasteiger charge is 2.44. The number of aliphatic hydroxyl groups is 1. The Kier molecular flexibility index (Phi) is 3.65. The lowest BCUT2D eigenvalue weighted by molar-refractivity contribution is 0.0717. The molecule has 3 aliphatic rings. The number of likely N-dealkylation sites (tertiary alicyclic amines) is 1. The molecule has 2 N–H and O–H groups in total. The summed E-state index contributed by atoms with van der Waals surface area (Å²) in [7, 11) is 0. The first-order chi connectivity index (χ1) is 9.02. The molecule has 1 aliphatic heterocycles. The Bertz CT molecular complexity index is 327. The van der Waals surface area contributed by atoms with Crippen LogP contribution in [-0.4, -0.2) is 47.3 Å². The van der Waals surface area contributed by atoms with Crippen molar-refractivity contribution in [2.24, 2.45) is 5.41 Å². The van der Waals surface area contributed by atoms with Crippen LogP contribution in [0.1, 0.15) is 58.8 Å². The molecule has 3 rings (SSSR count). The summed E-state index contributed by atoms with van der Waals surface area (Å²) in [5.74, 6) is 0. The van der Waals surface area contributed by atoms with Crippen molar-refractivity contribution in [2.75, 3.05) is 19.7 Å². The predicted molar refractivity (Wildman–Crippen MR) is 78.2 cm³/mol. The topological polar surface area (TPSA) is 35.5 Å². The smallest absolute Gasteiger partial charge is 0.0614 e. The normalized spacial score (nSPS) is 39.6. The van der Waals surface area contributed by atoms with E-state index in [9.17, 15) is 5.11 Å². The first kappa shape index (κ1) is 13.8. The third-order valence-corrected chi connectivity index (χ3v) is 5.42. The number of nitrogens with zero attached hydrogens (tertiary/aromatic N) is 1. The molecule has 2 atom stereocenters. The van der Waals surface area contributed by atoms with Crippen molar-refractivity contribution in [3.05, 3.63) is 0 Å². The highest BCUT2D eigenvalue weighted by atomic mass is 16.3. The molecule has 0 aromatic carbocycles. The summed E-state index contributed by atoms with van der Waals surface area (Å²) in [4.78, 5) is 2.70. The minimum absolute atomic E-state index is 0.0351. The summed E-state index contributed by atoms with van der Waals surface area (Å²) in [5, 5.41) is 13.6. The second kappa shape index (κ2) is 5.01. The van der Waals surface area contributed by atoms with Gasteiger partial charge in [-0.3, -0.25) is 4.90 Å². The molecule has 19 heavy (non-hydrogen) atoms. The Morgan fingerprint density at radius 2 is 2.00 bits per heavy atom. The van der Waals surface area contributed by atoms with E-state index in [1.807, 2.05) is 0 Å². The molecule has 3 nitrogen and oxygen atoms in total. The monoisotopic (exact) mass is 266 g/mol. The van der Waals surface area contributed by atoms with Gasteiger partial charge in [0.2, 0.25) is 0 Å². The fourth-order valence-electron chi connectivity index (χ4n) is 4.17. The number of rotatable bonds is 4. The molecule has 110 valence electrons. The zero-order valence-corrected chi connectivity index (χ0v) is 12.6. The van der Waals surface area contributed by atoms with Gasteiger partial charge in [0.1, 0.15) is 0 Å². The Balaban J connectivity index is 1.60. The van der Waals surface area contributed by atoms with E-state index in [2.05, 4.69) is 24.1 Å². The van der Waals surface area contributed by atoms with Crippen LogP contribution in [0.2, 0.25) is 0 Å².